The summed E-state index contributed by atoms with van der Waals surface area (Å²) in [6.07, 6.45) is 5.10. The molecule has 0 spiro atoms. The molecule has 6 nitrogen and oxygen atoms in total. The molecular formula is C22H21N3O3. The van der Waals surface area contributed by atoms with Crippen molar-refractivity contribution in [2.24, 2.45) is 0 Å². The number of nitrogens with zero attached hydrogens (tertiary/aromatic N) is 2. The summed E-state index contributed by atoms with van der Waals surface area (Å²) in [6, 6.07) is 11.1. The summed E-state index contributed by atoms with van der Waals surface area (Å²) in [5.41, 5.74) is 4.77. The summed E-state index contributed by atoms with van der Waals surface area (Å²) in [4.78, 5) is 34.4. The van der Waals surface area contributed by atoms with Crippen molar-refractivity contribution in [2.45, 2.75) is 37.6 Å². The zero-order valence-electron chi connectivity index (χ0n) is 15.4. The highest BCUT2D eigenvalue weighted by Gasteiger charge is 2.40. The van der Waals surface area contributed by atoms with Crippen LogP contribution in [-0.4, -0.2) is 44.4 Å². The topological polar surface area (TPSA) is 86.3 Å². The molecule has 28 heavy (non-hydrogen) atoms. The first-order valence-corrected chi connectivity index (χ1v) is 9.72. The Labute approximate surface area is 162 Å². The van der Waals surface area contributed by atoms with Crippen LogP contribution in [0.25, 0.3) is 11.0 Å². The van der Waals surface area contributed by atoms with Gasteiger partial charge in [0.05, 0.1) is 22.9 Å². The van der Waals surface area contributed by atoms with Gasteiger partial charge in [0.15, 0.2) is 0 Å². The molecule has 0 radical (unpaired) electrons. The summed E-state index contributed by atoms with van der Waals surface area (Å²) in [5.74, 6) is -0.788. The number of amides is 1. The second kappa shape index (κ2) is 6.48. The van der Waals surface area contributed by atoms with E-state index < -0.39 is 5.97 Å². The highest BCUT2D eigenvalue weighted by Crippen LogP contribution is 2.42. The first-order chi connectivity index (χ1) is 13.6. The third kappa shape index (κ3) is 2.59. The zero-order chi connectivity index (χ0) is 19.3. The lowest BCUT2D eigenvalue weighted by molar-refractivity contribution is 0.0544. The van der Waals surface area contributed by atoms with Crippen LogP contribution in [0.3, 0.4) is 0 Å². The molecule has 1 aliphatic carbocycles. The maximum Gasteiger partial charge on any atom is 0.335 e. The quantitative estimate of drug-likeness (QED) is 0.717. The lowest BCUT2D eigenvalue weighted by atomic mass is 9.72. The number of likely N-dealkylation sites (tertiary alicyclic amines) is 1. The van der Waals surface area contributed by atoms with Crippen LogP contribution in [0.4, 0.5) is 0 Å². The molecule has 2 heterocycles. The molecule has 1 aromatic heterocycles. The van der Waals surface area contributed by atoms with E-state index in [0.717, 1.165) is 47.8 Å². The normalized spacial score (nSPS) is 21.2. The predicted octanol–water partition coefficient (Wildman–Crippen LogP) is 3.60. The summed E-state index contributed by atoms with van der Waals surface area (Å²) in [7, 11) is 0. The average Bonchev–Trinajstić information content (AvgIpc) is 3.20. The number of carbonyl (C=O) groups is 2. The number of H-pyrrole nitrogens is 1. The fraction of sp³-hybridized carbons (Fsp3) is 0.318. The number of imidazole rings is 1. The van der Waals surface area contributed by atoms with E-state index in [4.69, 9.17) is 0 Å². The number of piperidine rings is 1. The third-order valence-electron chi connectivity index (χ3n) is 6.22. The molecule has 0 bridgehead atoms. The number of aromatic carboxylic acids is 1. The summed E-state index contributed by atoms with van der Waals surface area (Å²) in [5, 5.41) is 9.67. The van der Waals surface area contributed by atoms with E-state index in [1.54, 1.807) is 12.4 Å². The minimum atomic E-state index is -0.884. The van der Waals surface area contributed by atoms with Gasteiger partial charge in [0.2, 0.25) is 0 Å². The first-order valence-electron chi connectivity index (χ1n) is 9.72. The molecular weight excluding hydrogens is 354 g/mol. The number of aryl methyl sites for hydroxylation is 1. The lowest BCUT2D eigenvalue weighted by Crippen LogP contribution is -2.49. The number of nitrogens with one attached hydrogen (secondary N) is 1. The monoisotopic (exact) mass is 375 g/mol. The van der Waals surface area contributed by atoms with E-state index in [9.17, 15) is 14.7 Å². The largest absolute Gasteiger partial charge is 0.478 e. The van der Waals surface area contributed by atoms with Crippen molar-refractivity contribution in [1.29, 1.82) is 0 Å². The average molecular weight is 375 g/mol. The van der Waals surface area contributed by atoms with Gasteiger partial charge >= 0.3 is 5.97 Å². The number of hydrogen-bond donors (Lipinski definition) is 2. The highest BCUT2D eigenvalue weighted by atomic mass is 16.4. The van der Waals surface area contributed by atoms with Gasteiger partial charge in [0.25, 0.3) is 5.91 Å². The molecule has 1 aliphatic heterocycles. The standard InChI is InChI=1S/C22H21N3O3/c26-21(14-6-8-17-18(11-14)24-12-23-17)25-10-2-5-15-19(25)9-7-13-3-1-4-16(20(13)15)22(27)28/h1,3-4,6,8,11-12,15,19H,2,5,7,9-10H2,(H,23,24)(H,27,28)/t15?,19-/m0/s1. The maximum atomic E-state index is 13.3. The number of rotatable bonds is 2. The van der Waals surface area contributed by atoms with E-state index in [2.05, 4.69) is 9.97 Å². The van der Waals surface area contributed by atoms with Crippen molar-refractivity contribution in [3.05, 3.63) is 65.0 Å². The number of benzene rings is 2. The van der Waals surface area contributed by atoms with Gasteiger partial charge in [0.1, 0.15) is 0 Å². The fourth-order valence-corrected chi connectivity index (χ4v) is 4.99. The number of aromatic amines is 1. The van der Waals surface area contributed by atoms with Crippen LogP contribution in [0.15, 0.2) is 42.7 Å². The van der Waals surface area contributed by atoms with Crippen LogP contribution < -0.4 is 0 Å². The first kappa shape index (κ1) is 17.0. The van der Waals surface area contributed by atoms with Gasteiger partial charge in [-0.05, 0) is 61.1 Å². The zero-order valence-corrected chi connectivity index (χ0v) is 15.4. The molecule has 2 aromatic carbocycles. The van der Waals surface area contributed by atoms with Crippen LogP contribution in [-0.2, 0) is 6.42 Å². The third-order valence-corrected chi connectivity index (χ3v) is 6.22. The highest BCUT2D eigenvalue weighted by molar-refractivity contribution is 5.97. The summed E-state index contributed by atoms with van der Waals surface area (Å²) >= 11 is 0. The maximum absolute atomic E-state index is 13.3. The molecule has 3 aromatic rings. The van der Waals surface area contributed by atoms with E-state index in [0.29, 0.717) is 17.7 Å². The van der Waals surface area contributed by atoms with Gasteiger partial charge in [-0.3, -0.25) is 4.79 Å². The summed E-state index contributed by atoms with van der Waals surface area (Å²) in [6.45, 7) is 0.711. The number of carbonyl (C=O) groups excluding carboxylic acids is 1. The lowest BCUT2D eigenvalue weighted by Gasteiger charge is -2.45. The molecule has 0 saturated carbocycles. The van der Waals surface area contributed by atoms with E-state index in [-0.39, 0.29) is 17.9 Å². The Morgan fingerprint density at radius 3 is 2.93 bits per heavy atom. The van der Waals surface area contributed by atoms with Gasteiger partial charge in [-0.2, -0.15) is 0 Å². The molecule has 1 fully saturated rings. The second-order valence-electron chi connectivity index (χ2n) is 7.67. The van der Waals surface area contributed by atoms with Crippen LogP contribution in [0.2, 0.25) is 0 Å². The van der Waals surface area contributed by atoms with E-state index >= 15 is 0 Å². The van der Waals surface area contributed by atoms with Gasteiger partial charge in [-0.15, -0.1) is 0 Å². The number of carboxylic acid groups (broad SMARTS) is 1. The van der Waals surface area contributed by atoms with Crippen molar-refractivity contribution >= 4 is 22.9 Å². The molecule has 1 amide bonds. The molecule has 1 unspecified atom stereocenters. The molecule has 2 atom stereocenters. The Balaban J connectivity index is 1.51. The fourth-order valence-electron chi connectivity index (χ4n) is 4.99. The minimum Gasteiger partial charge on any atom is -0.478 e. The van der Waals surface area contributed by atoms with Gasteiger partial charge in [-0.25, -0.2) is 9.78 Å². The van der Waals surface area contributed by atoms with Crippen LogP contribution in [0.1, 0.15) is 57.0 Å². The molecule has 1 saturated heterocycles. The number of aromatic nitrogens is 2. The van der Waals surface area contributed by atoms with E-state index in [1.807, 2.05) is 35.2 Å². The smallest absolute Gasteiger partial charge is 0.335 e. The van der Waals surface area contributed by atoms with Crippen LogP contribution in [0.5, 0.6) is 0 Å². The van der Waals surface area contributed by atoms with Gasteiger partial charge < -0.3 is 15.0 Å². The molecule has 5 rings (SSSR count). The number of carboxylic acids is 1. The minimum absolute atomic E-state index is 0.0101. The van der Waals surface area contributed by atoms with Crippen molar-refractivity contribution in [3.8, 4) is 0 Å². The Kier molecular flexibility index (Phi) is 3.93. The number of hydrogen-bond acceptors (Lipinski definition) is 3. The Morgan fingerprint density at radius 2 is 2.07 bits per heavy atom. The SMILES string of the molecule is O=C(O)c1cccc2c1C1CCCN(C(=O)c3ccc4[nH]cnc4c3)[C@H]1CC2. The Morgan fingerprint density at radius 1 is 1.18 bits per heavy atom. The van der Waals surface area contributed by atoms with Crippen LogP contribution >= 0.6 is 0 Å². The van der Waals surface area contributed by atoms with Crippen LogP contribution in [0, 0.1) is 0 Å². The molecule has 2 aliphatic rings. The Hall–Kier alpha value is -3.15. The van der Waals surface area contributed by atoms with Crippen molar-refractivity contribution in [1.82, 2.24) is 14.9 Å². The van der Waals surface area contributed by atoms with Crippen molar-refractivity contribution in [2.75, 3.05) is 6.54 Å². The Bertz CT molecular complexity index is 1090. The molecule has 142 valence electrons. The molecule has 2 N–H and O–H groups in total. The van der Waals surface area contributed by atoms with Gasteiger partial charge in [0, 0.05) is 24.1 Å². The predicted molar refractivity (Wildman–Crippen MR) is 105 cm³/mol. The van der Waals surface area contributed by atoms with Crippen molar-refractivity contribution < 1.29 is 14.7 Å². The van der Waals surface area contributed by atoms with E-state index in [1.165, 1.54) is 0 Å². The van der Waals surface area contributed by atoms with Crippen molar-refractivity contribution in [3.63, 3.8) is 0 Å². The second-order valence-corrected chi connectivity index (χ2v) is 7.67. The number of fused-ring (bicyclic) bond motifs is 4. The van der Waals surface area contributed by atoms with Gasteiger partial charge in [-0.1, -0.05) is 12.1 Å². The molecule has 6 heteroatoms. The summed E-state index contributed by atoms with van der Waals surface area (Å²) < 4.78 is 0.